The highest BCUT2D eigenvalue weighted by atomic mass is 32.2. The van der Waals surface area contributed by atoms with Crippen molar-refractivity contribution in [1.82, 2.24) is 4.90 Å². The molecule has 2 aromatic rings. The van der Waals surface area contributed by atoms with Crippen LogP contribution in [0.4, 0.5) is 0 Å². The van der Waals surface area contributed by atoms with E-state index in [1.54, 1.807) is 36.3 Å². The summed E-state index contributed by atoms with van der Waals surface area (Å²) in [6, 6.07) is 14.2. The molecule has 0 bridgehead atoms. The third-order valence-electron chi connectivity index (χ3n) is 5.08. The maximum atomic E-state index is 13.3. The van der Waals surface area contributed by atoms with Gasteiger partial charge in [-0.05, 0) is 54.3 Å². The van der Waals surface area contributed by atoms with E-state index in [1.165, 1.54) is 0 Å². The molecule has 0 aromatic heterocycles. The summed E-state index contributed by atoms with van der Waals surface area (Å²) in [4.78, 5) is 15.0. The van der Waals surface area contributed by atoms with Gasteiger partial charge in [-0.1, -0.05) is 26.0 Å². The molecule has 1 aliphatic heterocycles. The smallest absolute Gasteiger partial charge is 0.254 e. The first-order chi connectivity index (χ1) is 14.3. The molecule has 3 rings (SSSR count). The molecular weight excluding hydrogens is 402 g/mol. The quantitative estimate of drug-likeness (QED) is 0.639. The Hall–Kier alpha value is -2.54. The van der Waals surface area contributed by atoms with Crippen molar-refractivity contribution in [2.24, 2.45) is 5.92 Å². The van der Waals surface area contributed by atoms with Crippen LogP contribution in [0.25, 0.3) is 0 Å². The number of hydrogen-bond donors (Lipinski definition) is 0. The second-order valence-corrected chi connectivity index (χ2v) is 10.3. The second kappa shape index (κ2) is 9.51. The highest BCUT2D eigenvalue weighted by molar-refractivity contribution is 7.91. The zero-order valence-electron chi connectivity index (χ0n) is 17.7. The van der Waals surface area contributed by atoms with E-state index in [0.29, 0.717) is 42.6 Å². The monoisotopic (exact) mass is 431 g/mol. The van der Waals surface area contributed by atoms with Gasteiger partial charge in [-0.3, -0.25) is 4.79 Å². The van der Waals surface area contributed by atoms with E-state index in [4.69, 9.17) is 9.47 Å². The summed E-state index contributed by atoms with van der Waals surface area (Å²) in [6.07, 6.45) is 0.452. The molecule has 2 aromatic carbocycles. The number of hydrogen-bond acceptors (Lipinski definition) is 5. The Morgan fingerprint density at radius 3 is 2.47 bits per heavy atom. The molecule has 0 radical (unpaired) electrons. The molecule has 1 fully saturated rings. The summed E-state index contributed by atoms with van der Waals surface area (Å²) in [5.41, 5.74) is 1.41. The van der Waals surface area contributed by atoms with Crippen LogP contribution in [0.15, 0.2) is 48.5 Å². The topological polar surface area (TPSA) is 72.9 Å². The van der Waals surface area contributed by atoms with Gasteiger partial charge >= 0.3 is 0 Å². The van der Waals surface area contributed by atoms with Crippen LogP contribution in [0, 0.1) is 5.92 Å². The molecule has 0 aliphatic carbocycles. The van der Waals surface area contributed by atoms with Crippen molar-refractivity contribution < 1.29 is 22.7 Å². The first-order valence-corrected chi connectivity index (χ1v) is 12.0. The number of benzene rings is 2. The van der Waals surface area contributed by atoms with Gasteiger partial charge in [0.05, 0.1) is 25.2 Å². The number of sulfone groups is 1. The van der Waals surface area contributed by atoms with Gasteiger partial charge in [0.1, 0.15) is 11.5 Å². The summed E-state index contributed by atoms with van der Waals surface area (Å²) >= 11 is 0. The van der Waals surface area contributed by atoms with Crippen molar-refractivity contribution in [2.75, 3.05) is 25.2 Å². The Balaban J connectivity index is 1.82. The lowest BCUT2D eigenvalue weighted by molar-refractivity contribution is 0.0680. The maximum Gasteiger partial charge on any atom is 0.254 e. The lowest BCUT2D eigenvalue weighted by Gasteiger charge is -2.29. The summed E-state index contributed by atoms with van der Waals surface area (Å²) in [5.74, 6) is 1.75. The molecule has 1 amide bonds. The standard InChI is InChI=1S/C23H29NO5S/c1-17(2)15-29-21-9-7-19(8-10-21)23(25)24(20-11-12-30(26,27)16-20)14-18-5-4-6-22(13-18)28-3/h4-10,13,17,20H,11-12,14-16H2,1-3H3/t20-/m0/s1. The van der Waals surface area contributed by atoms with E-state index in [-0.39, 0.29) is 23.5 Å². The van der Waals surface area contributed by atoms with Gasteiger partial charge in [-0.2, -0.15) is 0 Å². The van der Waals surface area contributed by atoms with E-state index >= 15 is 0 Å². The lowest BCUT2D eigenvalue weighted by Crippen LogP contribution is -2.40. The Kier molecular flexibility index (Phi) is 7.02. The van der Waals surface area contributed by atoms with E-state index in [0.717, 1.165) is 5.56 Å². The number of rotatable bonds is 8. The highest BCUT2D eigenvalue weighted by Gasteiger charge is 2.35. The summed E-state index contributed by atoms with van der Waals surface area (Å²) < 4.78 is 35.1. The molecule has 162 valence electrons. The Morgan fingerprint density at radius 1 is 1.13 bits per heavy atom. The fourth-order valence-corrected chi connectivity index (χ4v) is 5.21. The predicted octanol–water partition coefficient (Wildman–Crippen LogP) is 3.56. The number of amides is 1. The molecule has 6 nitrogen and oxygen atoms in total. The first-order valence-electron chi connectivity index (χ1n) is 10.1. The third-order valence-corrected chi connectivity index (χ3v) is 6.83. The molecule has 1 atom stereocenters. The van der Waals surface area contributed by atoms with E-state index in [2.05, 4.69) is 13.8 Å². The average Bonchev–Trinajstić information content (AvgIpc) is 3.10. The van der Waals surface area contributed by atoms with E-state index in [1.807, 2.05) is 24.3 Å². The number of methoxy groups -OCH3 is 1. The fourth-order valence-electron chi connectivity index (χ4n) is 3.48. The zero-order chi connectivity index (χ0) is 21.7. The molecule has 0 saturated carbocycles. The summed E-state index contributed by atoms with van der Waals surface area (Å²) in [6.45, 7) is 5.07. The molecular formula is C23H29NO5S. The molecule has 1 heterocycles. The Bertz CT molecular complexity index is 969. The maximum absolute atomic E-state index is 13.3. The molecule has 7 heteroatoms. The third kappa shape index (κ3) is 5.75. The summed E-state index contributed by atoms with van der Waals surface area (Å²) in [7, 11) is -1.53. The number of carbonyl (C=O) groups is 1. The molecule has 0 unspecified atom stereocenters. The minimum atomic E-state index is -3.12. The Morgan fingerprint density at radius 2 is 1.87 bits per heavy atom. The van der Waals surface area contributed by atoms with Crippen LogP contribution in [0.1, 0.15) is 36.2 Å². The number of ether oxygens (including phenoxy) is 2. The van der Waals surface area contributed by atoms with Crippen LogP contribution >= 0.6 is 0 Å². The summed E-state index contributed by atoms with van der Waals surface area (Å²) in [5, 5.41) is 0. The van der Waals surface area contributed by atoms with Crippen molar-refractivity contribution in [3.63, 3.8) is 0 Å². The number of nitrogens with zero attached hydrogens (tertiary/aromatic N) is 1. The van der Waals surface area contributed by atoms with Gasteiger partial charge in [0.2, 0.25) is 0 Å². The zero-order valence-corrected chi connectivity index (χ0v) is 18.5. The van der Waals surface area contributed by atoms with Crippen LogP contribution in [0.2, 0.25) is 0 Å². The fraction of sp³-hybridized carbons (Fsp3) is 0.435. The Labute approximate surface area is 178 Å². The van der Waals surface area contributed by atoms with Gasteiger partial charge in [0, 0.05) is 18.2 Å². The van der Waals surface area contributed by atoms with Crippen LogP contribution in [0.5, 0.6) is 11.5 Å². The van der Waals surface area contributed by atoms with Crippen molar-refractivity contribution in [2.45, 2.75) is 32.9 Å². The van der Waals surface area contributed by atoms with Gasteiger partial charge in [0.25, 0.3) is 5.91 Å². The largest absolute Gasteiger partial charge is 0.497 e. The van der Waals surface area contributed by atoms with Crippen LogP contribution in [-0.2, 0) is 16.4 Å². The molecule has 1 saturated heterocycles. The van der Waals surface area contributed by atoms with Gasteiger partial charge in [0.15, 0.2) is 9.84 Å². The van der Waals surface area contributed by atoms with Crippen molar-refractivity contribution in [3.05, 3.63) is 59.7 Å². The van der Waals surface area contributed by atoms with Crippen molar-refractivity contribution in [1.29, 1.82) is 0 Å². The highest BCUT2D eigenvalue weighted by Crippen LogP contribution is 2.24. The average molecular weight is 432 g/mol. The van der Waals surface area contributed by atoms with Gasteiger partial charge < -0.3 is 14.4 Å². The van der Waals surface area contributed by atoms with Crippen molar-refractivity contribution in [3.8, 4) is 11.5 Å². The normalized spacial score (nSPS) is 17.7. The number of carbonyl (C=O) groups excluding carboxylic acids is 1. The van der Waals surface area contributed by atoms with Crippen LogP contribution < -0.4 is 9.47 Å². The molecule has 0 N–H and O–H groups in total. The van der Waals surface area contributed by atoms with Crippen molar-refractivity contribution >= 4 is 15.7 Å². The van der Waals surface area contributed by atoms with Gasteiger partial charge in [-0.15, -0.1) is 0 Å². The SMILES string of the molecule is COc1cccc(CN(C(=O)c2ccc(OCC(C)C)cc2)[C@H]2CCS(=O)(=O)C2)c1. The minimum Gasteiger partial charge on any atom is -0.497 e. The van der Waals surface area contributed by atoms with E-state index in [9.17, 15) is 13.2 Å². The van der Waals surface area contributed by atoms with Crippen LogP contribution in [-0.4, -0.2) is 50.5 Å². The lowest BCUT2D eigenvalue weighted by atomic mass is 10.1. The molecule has 0 spiro atoms. The van der Waals surface area contributed by atoms with Crippen LogP contribution in [0.3, 0.4) is 0 Å². The predicted molar refractivity (Wildman–Crippen MR) is 117 cm³/mol. The van der Waals surface area contributed by atoms with E-state index < -0.39 is 9.84 Å². The van der Waals surface area contributed by atoms with Gasteiger partial charge in [-0.25, -0.2) is 8.42 Å². The second-order valence-electron chi connectivity index (χ2n) is 8.07. The molecule has 30 heavy (non-hydrogen) atoms. The first kappa shape index (κ1) is 22.2. The minimum absolute atomic E-state index is 0.00169. The molecule has 1 aliphatic rings.